The molecule has 1 fully saturated rings. The van der Waals surface area contributed by atoms with Gasteiger partial charge in [0.05, 0.1) is 24.0 Å². The molecule has 0 aliphatic carbocycles. The lowest BCUT2D eigenvalue weighted by molar-refractivity contribution is -0.385. The average Bonchev–Trinajstić information content (AvgIpc) is 2.84. The Labute approximate surface area is 199 Å². The SMILES string of the molecule is COc1ccc(CCNC(=O)C2CCN(S(=O)(=O)c3cc([N+](=O)[O-])ccc3C)CC2)c(OC)c1. The number of hydrogen-bond donors (Lipinski definition) is 1. The van der Waals surface area contributed by atoms with Gasteiger partial charge in [0.15, 0.2) is 0 Å². The minimum Gasteiger partial charge on any atom is -0.497 e. The molecule has 0 atom stereocenters. The number of carbonyl (C=O) groups excluding carboxylic acids is 1. The number of hydrogen-bond acceptors (Lipinski definition) is 7. The third-order valence-electron chi connectivity index (χ3n) is 6.01. The predicted molar refractivity (Wildman–Crippen MR) is 126 cm³/mol. The smallest absolute Gasteiger partial charge is 0.270 e. The number of methoxy groups -OCH3 is 2. The lowest BCUT2D eigenvalue weighted by Crippen LogP contribution is -2.43. The fourth-order valence-electron chi connectivity index (χ4n) is 4.00. The predicted octanol–water partition coefficient (Wildman–Crippen LogP) is 2.68. The summed E-state index contributed by atoms with van der Waals surface area (Å²) in [7, 11) is -0.735. The number of aryl methyl sites for hydroxylation is 1. The van der Waals surface area contributed by atoms with E-state index in [0.29, 0.717) is 42.9 Å². The maximum atomic E-state index is 13.1. The maximum Gasteiger partial charge on any atom is 0.270 e. The molecule has 0 radical (unpaired) electrons. The fraction of sp³-hybridized carbons (Fsp3) is 0.435. The van der Waals surface area contributed by atoms with E-state index in [1.165, 1.54) is 16.4 Å². The molecule has 2 aromatic carbocycles. The summed E-state index contributed by atoms with van der Waals surface area (Å²) in [5.41, 5.74) is 1.11. The van der Waals surface area contributed by atoms with Gasteiger partial charge >= 0.3 is 0 Å². The monoisotopic (exact) mass is 491 g/mol. The first kappa shape index (κ1) is 25.4. The molecule has 1 aliphatic rings. The van der Waals surface area contributed by atoms with Gasteiger partial charge in [-0.15, -0.1) is 0 Å². The van der Waals surface area contributed by atoms with Crippen LogP contribution in [0.1, 0.15) is 24.0 Å². The van der Waals surface area contributed by atoms with Crippen LogP contribution in [-0.2, 0) is 21.2 Å². The largest absolute Gasteiger partial charge is 0.497 e. The van der Waals surface area contributed by atoms with Crippen LogP contribution in [0.25, 0.3) is 0 Å². The summed E-state index contributed by atoms with van der Waals surface area (Å²) < 4.78 is 38.0. The molecular weight excluding hydrogens is 462 g/mol. The second-order valence-corrected chi connectivity index (χ2v) is 10.0. The van der Waals surface area contributed by atoms with Crippen LogP contribution in [0.15, 0.2) is 41.3 Å². The number of piperidine rings is 1. The van der Waals surface area contributed by atoms with Gasteiger partial charge in [-0.25, -0.2) is 8.42 Å². The van der Waals surface area contributed by atoms with E-state index < -0.39 is 14.9 Å². The van der Waals surface area contributed by atoms with Crippen LogP contribution in [0.4, 0.5) is 5.69 Å². The van der Waals surface area contributed by atoms with Crippen molar-refractivity contribution in [3.8, 4) is 11.5 Å². The fourth-order valence-corrected chi connectivity index (χ4v) is 5.72. The van der Waals surface area contributed by atoms with Crippen LogP contribution in [0.5, 0.6) is 11.5 Å². The number of ether oxygens (including phenoxy) is 2. The number of sulfonamides is 1. The van der Waals surface area contributed by atoms with Crippen molar-refractivity contribution in [2.75, 3.05) is 33.9 Å². The zero-order chi connectivity index (χ0) is 24.9. The second kappa shape index (κ2) is 10.8. The molecule has 0 saturated carbocycles. The summed E-state index contributed by atoms with van der Waals surface area (Å²) in [4.78, 5) is 23.0. The molecule has 0 unspecified atom stereocenters. The summed E-state index contributed by atoms with van der Waals surface area (Å²) in [6.07, 6.45) is 1.34. The Morgan fingerprint density at radius 3 is 2.47 bits per heavy atom. The molecule has 1 aliphatic heterocycles. The van der Waals surface area contributed by atoms with Gasteiger partial charge < -0.3 is 14.8 Å². The zero-order valence-electron chi connectivity index (χ0n) is 19.4. The average molecular weight is 492 g/mol. The van der Waals surface area contributed by atoms with Crippen molar-refractivity contribution < 1.29 is 27.6 Å². The molecule has 2 aromatic rings. The molecule has 11 heteroatoms. The number of rotatable bonds is 9. The number of non-ortho nitro benzene ring substituents is 1. The third-order valence-corrected chi connectivity index (χ3v) is 8.05. The Morgan fingerprint density at radius 1 is 1.15 bits per heavy atom. The Bertz CT molecular complexity index is 1160. The van der Waals surface area contributed by atoms with Crippen LogP contribution >= 0.6 is 0 Å². The van der Waals surface area contributed by atoms with Crippen LogP contribution in [0.2, 0.25) is 0 Å². The molecule has 0 spiro atoms. The van der Waals surface area contributed by atoms with Crippen LogP contribution < -0.4 is 14.8 Å². The van der Waals surface area contributed by atoms with Crippen molar-refractivity contribution in [3.63, 3.8) is 0 Å². The third kappa shape index (κ3) is 5.65. The molecule has 3 rings (SSSR count). The van der Waals surface area contributed by atoms with E-state index in [1.807, 2.05) is 12.1 Å². The number of nitro groups is 1. The van der Waals surface area contributed by atoms with Gasteiger partial charge in [-0.2, -0.15) is 4.31 Å². The number of amides is 1. The van der Waals surface area contributed by atoms with Gasteiger partial charge in [0.1, 0.15) is 11.5 Å². The summed E-state index contributed by atoms with van der Waals surface area (Å²) in [5, 5.41) is 14.0. The van der Waals surface area contributed by atoms with E-state index in [1.54, 1.807) is 27.2 Å². The van der Waals surface area contributed by atoms with Crippen molar-refractivity contribution in [1.82, 2.24) is 9.62 Å². The highest BCUT2D eigenvalue weighted by Crippen LogP contribution is 2.29. The van der Waals surface area contributed by atoms with E-state index in [9.17, 15) is 23.3 Å². The van der Waals surface area contributed by atoms with E-state index in [0.717, 1.165) is 11.6 Å². The highest BCUT2D eigenvalue weighted by Gasteiger charge is 2.33. The molecular formula is C23H29N3O7S. The summed E-state index contributed by atoms with van der Waals surface area (Å²) in [6.45, 7) is 2.38. The Morgan fingerprint density at radius 2 is 1.85 bits per heavy atom. The maximum absolute atomic E-state index is 13.1. The van der Waals surface area contributed by atoms with Gasteiger partial charge in [-0.1, -0.05) is 12.1 Å². The molecule has 10 nitrogen and oxygen atoms in total. The number of benzene rings is 2. The van der Waals surface area contributed by atoms with Gasteiger partial charge in [0, 0.05) is 43.8 Å². The van der Waals surface area contributed by atoms with Gasteiger partial charge in [0.2, 0.25) is 15.9 Å². The lowest BCUT2D eigenvalue weighted by atomic mass is 9.97. The van der Waals surface area contributed by atoms with Gasteiger partial charge in [-0.3, -0.25) is 14.9 Å². The Hall–Kier alpha value is -3.18. The molecule has 0 bridgehead atoms. The van der Waals surface area contributed by atoms with Gasteiger partial charge in [-0.05, 0) is 43.4 Å². The van der Waals surface area contributed by atoms with Crippen molar-refractivity contribution in [2.24, 2.45) is 5.92 Å². The molecule has 1 saturated heterocycles. The normalized spacial score (nSPS) is 15.0. The van der Waals surface area contributed by atoms with Crippen molar-refractivity contribution in [1.29, 1.82) is 0 Å². The van der Waals surface area contributed by atoms with E-state index in [2.05, 4.69) is 5.32 Å². The summed E-state index contributed by atoms with van der Waals surface area (Å²) in [6, 6.07) is 9.32. The van der Waals surface area contributed by atoms with E-state index in [4.69, 9.17) is 9.47 Å². The first-order valence-electron chi connectivity index (χ1n) is 10.9. The van der Waals surface area contributed by atoms with E-state index >= 15 is 0 Å². The second-order valence-electron chi connectivity index (χ2n) is 8.10. The van der Waals surface area contributed by atoms with Crippen molar-refractivity contribution in [2.45, 2.75) is 31.1 Å². The number of carbonyl (C=O) groups is 1. The first-order valence-corrected chi connectivity index (χ1v) is 12.3. The highest BCUT2D eigenvalue weighted by molar-refractivity contribution is 7.89. The number of nitrogens with one attached hydrogen (secondary N) is 1. The summed E-state index contributed by atoms with van der Waals surface area (Å²) >= 11 is 0. The van der Waals surface area contributed by atoms with Crippen molar-refractivity contribution >= 4 is 21.6 Å². The molecule has 1 N–H and O–H groups in total. The van der Waals surface area contributed by atoms with Crippen molar-refractivity contribution in [3.05, 3.63) is 57.6 Å². The minimum absolute atomic E-state index is 0.0713. The Balaban J connectivity index is 1.56. The van der Waals surface area contributed by atoms with Gasteiger partial charge in [0.25, 0.3) is 5.69 Å². The first-order chi connectivity index (χ1) is 16.2. The highest BCUT2D eigenvalue weighted by atomic mass is 32.2. The molecule has 184 valence electrons. The standard InChI is InChI=1S/C23H29N3O7S/c1-16-4-6-19(26(28)29)14-22(16)34(30,31)25-12-9-18(10-13-25)23(27)24-11-8-17-5-7-20(32-2)15-21(17)33-3/h4-7,14-15,18H,8-13H2,1-3H3,(H,24,27). The van der Waals surface area contributed by atoms with Crippen LogP contribution in [0, 0.1) is 23.0 Å². The summed E-state index contributed by atoms with van der Waals surface area (Å²) in [5.74, 6) is 0.960. The van der Waals surface area contributed by atoms with E-state index in [-0.39, 0.29) is 35.5 Å². The zero-order valence-corrected chi connectivity index (χ0v) is 20.3. The minimum atomic E-state index is -3.89. The number of nitrogens with zero attached hydrogens (tertiary/aromatic N) is 2. The molecule has 1 amide bonds. The molecule has 0 aromatic heterocycles. The topological polar surface area (TPSA) is 128 Å². The molecule has 1 heterocycles. The molecule has 34 heavy (non-hydrogen) atoms. The Kier molecular flexibility index (Phi) is 8.11. The lowest BCUT2D eigenvalue weighted by Gasteiger charge is -2.31. The van der Waals surface area contributed by atoms with Crippen LogP contribution in [-0.4, -0.2) is 57.4 Å². The quantitative estimate of drug-likeness (QED) is 0.422. The van der Waals surface area contributed by atoms with Crippen LogP contribution in [0.3, 0.4) is 0 Å². The number of nitro benzene ring substituents is 1.